The van der Waals surface area contributed by atoms with Gasteiger partial charge in [0.05, 0.1) is 5.92 Å². The summed E-state index contributed by atoms with van der Waals surface area (Å²) in [5, 5.41) is 8.31. The first-order valence-electron chi connectivity index (χ1n) is 9.17. The Hall–Kier alpha value is -0.883. The van der Waals surface area contributed by atoms with E-state index in [4.69, 9.17) is 5.11 Å². The number of aliphatic hydroxyl groups is 1. The summed E-state index contributed by atoms with van der Waals surface area (Å²) in [5.74, 6) is -6.26. The first-order chi connectivity index (χ1) is 12.9. The smallest absolute Gasteiger partial charge is 0.453 e. The topological polar surface area (TPSA) is 55.8 Å². The van der Waals surface area contributed by atoms with Crippen molar-refractivity contribution in [2.45, 2.75) is 82.5 Å². The summed E-state index contributed by atoms with van der Waals surface area (Å²) >= 11 is 0. The van der Waals surface area contributed by atoms with Gasteiger partial charge in [-0.1, -0.05) is 45.5 Å². The van der Waals surface area contributed by atoms with Crippen molar-refractivity contribution in [2.75, 3.05) is 13.3 Å². The highest BCUT2D eigenvalue weighted by molar-refractivity contribution is 6.74. The fourth-order valence-corrected chi connectivity index (χ4v) is 2.17. The predicted molar refractivity (Wildman–Crippen MR) is 94.7 cm³/mol. The summed E-state index contributed by atoms with van der Waals surface area (Å²) in [5.41, 5.74) is 0. The zero-order valence-electron chi connectivity index (χ0n) is 16.9. The van der Waals surface area contributed by atoms with Crippen molar-refractivity contribution < 1.29 is 50.1 Å². The maximum atomic E-state index is 13.6. The van der Waals surface area contributed by atoms with Crippen molar-refractivity contribution >= 4 is 14.0 Å². The summed E-state index contributed by atoms with van der Waals surface area (Å²) < 4.78 is 96.2. The molecule has 2 unspecified atom stereocenters. The molecule has 1 fully saturated rings. The monoisotopic (exact) mass is 458 g/mol. The molecule has 2 atom stereocenters. The zero-order valence-corrected chi connectivity index (χ0v) is 17.9. The van der Waals surface area contributed by atoms with E-state index in [0.717, 1.165) is 6.42 Å². The Morgan fingerprint density at radius 2 is 1.48 bits per heavy atom. The van der Waals surface area contributed by atoms with Crippen molar-refractivity contribution in [1.82, 2.24) is 0 Å². The lowest BCUT2D eigenvalue weighted by atomic mass is 9.89. The summed E-state index contributed by atoms with van der Waals surface area (Å²) in [7, 11) is -0.611. The molecule has 12 heteroatoms. The highest BCUT2D eigenvalue weighted by Gasteiger charge is 2.59. The third kappa shape index (κ3) is 11.2. The van der Waals surface area contributed by atoms with E-state index >= 15 is 0 Å². The van der Waals surface area contributed by atoms with Gasteiger partial charge in [-0.3, -0.25) is 4.79 Å². The summed E-state index contributed by atoms with van der Waals surface area (Å²) in [6, 6.07) is -5.33. The Morgan fingerprint density at radius 1 is 1.03 bits per heavy atom. The van der Waals surface area contributed by atoms with Crippen LogP contribution >= 0.6 is 0 Å². The first kappa shape index (κ1) is 28.1. The minimum atomic E-state index is -5.98. The molecule has 1 N–H and O–H groups in total. The van der Waals surface area contributed by atoms with Gasteiger partial charge in [-0.05, 0) is 12.8 Å². The predicted octanol–water partition coefficient (Wildman–Crippen LogP) is 5.23. The number of ether oxygens (including phenoxy) is 2. The van der Waals surface area contributed by atoms with E-state index < -0.39 is 57.5 Å². The van der Waals surface area contributed by atoms with Crippen LogP contribution in [0.5, 0.6) is 0 Å². The molecule has 1 aliphatic rings. The van der Waals surface area contributed by atoms with Gasteiger partial charge in [-0.15, -0.1) is 0 Å². The highest BCUT2D eigenvalue weighted by atomic mass is 28.3. The van der Waals surface area contributed by atoms with Gasteiger partial charge < -0.3 is 14.6 Å². The number of carbonyl (C=O) groups excluding carboxylic acids is 1. The minimum Gasteiger partial charge on any atom is -0.453 e. The minimum absolute atomic E-state index is 0.373. The van der Waals surface area contributed by atoms with E-state index in [2.05, 4.69) is 35.7 Å². The van der Waals surface area contributed by atoms with E-state index in [1.54, 1.807) is 0 Å². The molecule has 1 aliphatic carbocycles. The molecule has 0 radical (unpaired) electrons. The first-order valence-corrected chi connectivity index (χ1v) is 13.2. The largest absolute Gasteiger partial charge is 0.477 e. The molecule has 1 saturated carbocycles. The maximum Gasteiger partial charge on any atom is 0.477 e. The van der Waals surface area contributed by atoms with Crippen molar-refractivity contribution in [1.29, 1.82) is 0 Å². The van der Waals surface area contributed by atoms with Gasteiger partial charge in [0.25, 0.3) is 0 Å². The number of esters is 1. The van der Waals surface area contributed by atoms with E-state index in [-0.39, 0.29) is 0 Å². The Bertz CT molecular complexity index is 495. The lowest BCUT2D eigenvalue weighted by molar-refractivity contribution is -0.433. The second kappa shape index (κ2) is 10.9. The van der Waals surface area contributed by atoms with Gasteiger partial charge in [-0.2, -0.15) is 26.3 Å². The van der Waals surface area contributed by atoms with E-state index in [1.165, 1.54) is 0 Å². The van der Waals surface area contributed by atoms with Gasteiger partial charge in [0.1, 0.15) is 13.3 Å². The molecule has 0 heterocycles. The third-order valence-corrected chi connectivity index (χ3v) is 3.61. The zero-order chi connectivity index (χ0) is 23.1. The summed E-state index contributed by atoms with van der Waals surface area (Å²) in [6.07, 6.45) is -5.79. The Labute approximate surface area is 166 Å². The number of halogens is 7. The van der Waals surface area contributed by atoms with E-state index in [0.29, 0.717) is 25.7 Å². The number of alkyl halides is 7. The number of hydrogen-bond acceptors (Lipinski definition) is 4. The molecule has 1 rings (SSSR count). The molecule has 0 bridgehead atoms. The van der Waals surface area contributed by atoms with Gasteiger partial charge in [0, 0.05) is 8.07 Å². The molecule has 0 amide bonds. The molecule has 0 aromatic heterocycles. The number of hydrogen-bond donors (Lipinski definition) is 1. The molecular weight excluding hydrogens is 429 g/mol. The number of rotatable bonds is 7. The molecule has 0 aromatic rings. The van der Waals surface area contributed by atoms with Crippen LogP contribution in [-0.2, 0) is 14.3 Å². The van der Waals surface area contributed by atoms with Crippen LogP contribution in [0.2, 0.25) is 26.2 Å². The summed E-state index contributed by atoms with van der Waals surface area (Å²) in [6.45, 7) is 5.07. The van der Waals surface area contributed by atoms with Gasteiger partial charge in [0.15, 0.2) is 6.10 Å². The molecule has 0 aromatic carbocycles. The quantitative estimate of drug-likeness (QED) is 0.246. The molecule has 0 saturated heterocycles. The van der Waals surface area contributed by atoms with E-state index in [9.17, 15) is 35.5 Å². The Morgan fingerprint density at radius 3 is 1.86 bits per heavy atom. The van der Waals surface area contributed by atoms with Crippen LogP contribution in [-0.4, -0.2) is 56.7 Å². The van der Waals surface area contributed by atoms with Crippen LogP contribution in [0.4, 0.5) is 30.7 Å². The van der Waals surface area contributed by atoms with Crippen LogP contribution in [0.3, 0.4) is 0 Å². The molecule has 174 valence electrons. The summed E-state index contributed by atoms with van der Waals surface area (Å²) in [4.78, 5) is 11.7. The van der Waals surface area contributed by atoms with E-state index in [1.807, 2.05) is 0 Å². The highest BCUT2D eigenvalue weighted by Crippen LogP contribution is 2.35. The van der Waals surface area contributed by atoms with Gasteiger partial charge in [0.2, 0.25) is 0 Å². The van der Waals surface area contributed by atoms with Crippen LogP contribution in [0, 0.1) is 5.92 Å². The Balaban J connectivity index is 0.00000139. The third-order valence-electron chi connectivity index (χ3n) is 3.61. The second-order valence-electron chi connectivity index (χ2n) is 8.52. The van der Waals surface area contributed by atoms with Crippen molar-refractivity contribution in [3.63, 3.8) is 0 Å². The lowest BCUT2D eigenvalue weighted by Crippen LogP contribution is -2.50. The standard InChI is InChI=1S/C13H17F7O4.C4H12Si/c14-6-9(24-10(21)8-4-2-1-3-5-8)11(15,16)7-23-13(20,22)12(17,18)19;1-5(2,3)4/h8-9,22H,1-7H2;1-4H3. The average Bonchev–Trinajstić information content (AvgIpc) is 2.56. The lowest BCUT2D eigenvalue weighted by Gasteiger charge is -2.29. The fourth-order valence-electron chi connectivity index (χ4n) is 2.17. The normalized spacial score (nSPS) is 19.6. The molecule has 0 aliphatic heterocycles. The second-order valence-corrected chi connectivity index (χ2v) is 14.5. The molecule has 0 spiro atoms. The van der Waals surface area contributed by atoms with Crippen molar-refractivity contribution in [3.05, 3.63) is 0 Å². The SMILES string of the molecule is C[Si](C)(C)C.O=C(OC(CF)C(F)(F)COC(O)(F)C(F)(F)F)C1CCCCC1. The molecule has 4 nitrogen and oxygen atoms in total. The maximum absolute atomic E-state index is 13.6. The van der Waals surface area contributed by atoms with Crippen LogP contribution in [0.25, 0.3) is 0 Å². The van der Waals surface area contributed by atoms with Crippen molar-refractivity contribution in [2.24, 2.45) is 5.92 Å². The van der Waals surface area contributed by atoms with Crippen molar-refractivity contribution in [3.8, 4) is 0 Å². The van der Waals surface area contributed by atoms with Crippen LogP contribution in [0.1, 0.15) is 32.1 Å². The van der Waals surface area contributed by atoms with Crippen LogP contribution < -0.4 is 0 Å². The fraction of sp³-hybridized carbons (Fsp3) is 0.941. The molecule has 29 heavy (non-hydrogen) atoms. The van der Waals surface area contributed by atoms with Crippen LogP contribution in [0.15, 0.2) is 0 Å². The molecular formula is C17H29F7O4Si. The van der Waals surface area contributed by atoms with Gasteiger partial charge in [-0.25, -0.2) is 4.39 Å². The Kier molecular flexibility index (Phi) is 10.6. The number of carbonyl (C=O) groups is 1. The average molecular weight is 458 g/mol. The van der Waals surface area contributed by atoms with Gasteiger partial charge >= 0.3 is 24.1 Å².